The molecule has 0 aromatic carbocycles. The molecule has 4 unspecified atom stereocenters. The maximum Gasteiger partial charge on any atom is 0.338 e. The number of rotatable bonds is 14. The molecule has 1 aliphatic rings. The first kappa shape index (κ1) is 25.1. The van der Waals surface area contributed by atoms with Crippen LogP contribution < -0.4 is 0 Å². The molecule has 0 saturated carbocycles. The van der Waals surface area contributed by atoms with E-state index in [2.05, 4.69) is 18.6 Å². The Kier molecular flexibility index (Phi) is 15.7. The van der Waals surface area contributed by atoms with Gasteiger partial charge in [-0.2, -0.15) is 0 Å². The van der Waals surface area contributed by atoms with Crippen molar-refractivity contribution in [3.05, 3.63) is 12.3 Å². The zero-order chi connectivity index (χ0) is 19.8. The van der Waals surface area contributed by atoms with Crippen LogP contribution in [0.2, 0.25) is 0 Å². The number of carbonyl (C=O) groups excluding carboxylic acids is 1. The zero-order valence-electron chi connectivity index (χ0n) is 17.2. The Morgan fingerprint density at radius 2 is 1.31 bits per heavy atom. The summed E-state index contributed by atoms with van der Waals surface area (Å²) in [6, 6.07) is 0. The van der Waals surface area contributed by atoms with Gasteiger partial charge in [0, 0.05) is 0 Å². The highest BCUT2D eigenvalue weighted by Crippen LogP contribution is 2.20. The van der Waals surface area contributed by atoms with Crippen LogP contribution in [0.5, 0.6) is 0 Å². The Morgan fingerprint density at radius 1 is 0.923 bits per heavy atom. The van der Waals surface area contributed by atoms with E-state index in [4.69, 9.17) is 4.74 Å². The molecule has 1 aliphatic heterocycles. The van der Waals surface area contributed by atoms with Crippen LogP contribution in [0.4, 0.5) is 0 Å². The SMILES string of the molecule is CCCCCC(CC(C)O)OC(CCCCC)CC(C)O.O=C1C=CO1. The van der Waals surface area contributed by atoms with E-state index >= 15 is 0 Å². The van der Waals surface area contributed by atoms with Crippen LogP contribution in [0.15, 0.2) is 12.3 Å². The van der Waals surface area contributed by atoms with Gasteiger partial charge >= 0.3 is 5.97 Å². The van der Waals surface area contributed by atoms with Crippen molar-refractivity contribution in [1.82, 2.24) is 0 Å². The van der Waals surface area contributed by atoms with E-state index < -0.39 is 0 Å². The predicted octanol–water partition coefficient (Wildman–Crippen LogP) is 4.50. The molecule has 2 N–H and O–H groups in total. The standard InChI is InChI=1S/C18H38O3.C3H2O2/c1-5-7-9-11-17(13-15(3)19)21-18(14-16(4)20)12-10-8-6-2;4-3-1-2-5-3/h15-20H,5-14H2,1-4H3;1-2H. The molecular formula is C21H40O5. The lowest BCUT2D eigenvalue weighted by atomic mass is 10.0. The van der Waals surface area contributed by atoms with Crippen LogP contribution in [0, 0.1) is 0 Å². The third-order valence-electron chi connectivity index (χ3n) is 4.24. The van der Waals surface area contributed by atoms with Crippen LogP contribution >= 0.6 is 0 Å². The molecule has 0 spiro atoms. The summed E-state index contributed by atoms with van der Waals surface area (Å²) >= 11 is 0. The first-order chi connectivity index (χ1) is 12.4. The molecule has 154 valence electrons. The number of hydrogen-bond acceptors (Lipinski definition) is 5. The number of carbonyl (C=O) groups is 1. The Labute approximate surface area is 159 Å². The van der Waals surface area contributed by atoms with E-state index in [1.165, 1.54) is 38.0 Å². The van der Waals surface area contributed by atoms with Crippen LogP contribution in [-0.2, 0) is 14.3 Å². The molecule has 0 saturated heterocycles. The molecule has 0 radical (unpaired) electrons. The molecule has 0 fully saturated rings. The van der Waals surface area contributed by atoms with Gasteiger partial charge in [0.2, 0.25) is 0 Å². The molecule has 0 bridgehead atoms. The summed E-state index contributed by atoms with van der Waals surface area (Å²) in [5.41, 5.74) is 0. The van der Waals surface area contributed by atoms with Crippen molar-refractivity contribution in [2.45, 2.75) is 116 Å². The minimum Gasteiger partial charge on any atom is -0.431 e. The minimum atomic E-state index is -0.320. The fourth-order valence-electron chi connectivity index (χ4n) is 2.88. The number of ether oxygens (including phenoxy) is 2. The Balaban J connectivity index is 0.00000106. The van der Waals surface area contributed by atoms with E-state index in [0.29, 0.717) is 12.8 Å². The molecule has 26 heavy (non-hydrogen) atoms. The molecule has 0 aromatic rings. The van der Waals surface area contributed by atoms with Gasteiger partial charge < -0.3 is 19.7 Å². The first-order valence-corrected chi connectivity index (χ1v) is 10.3. The monoisotopic (exact) mass is 372 g/mol. The minimum absolute atomic E-state index is 0.127. The summed E-state index contributed by atoms with van der Waals surface area (Å²) in [7, 11) is 0. The summed E-state index contributed by atoms with van der Waals surface area (Å²) in [6.45, 7) is 8.06. The first-order valence-electron chi connectivity index (χ1n) is 10.3. The third-order valence-corrected chi connectivity index (χ3v) is 4.24. The van der Waals surface area contributed by atoms with Crippen molar-refractivity contribution < 1.29 is 24.5 Å². The lowest BCUT2D eigenvalue weighted by molar-refractivity contribution is -0.136. The molecular weight excluding hydrogens is 332 g/mol. The maximum atomic E-state index is 9.66. The van der Waals surface area contributed by atoms with Crippen molar-refractivity contribution in [3.63, 3.8) is 0 Å². The zero-order valence-corrected chi connectivity index (χ0v) is 17.2. The molecule has 0 aliphatic carbocycles. The van der Waals surface area contributed by atoms with Gasteiger partial charge in [-0.15, -0.1) is 0 Å². The topological polar surface area (TPSA) is 76.0 Å². The number of unbranched alkanes of at least 4 members (excludes halogenated alkanes) is 4. The molecule has 1 rings (SSSR count). The second kappa shape index (κ2) is 16.3. The average Bonchev–Trinajstić information content (AvgIpc) is 2.52. The second-order valence-corrected chi connectivity index (χ2v) is 7.28. The Bertz CT molecular complexity index is 343. The summed E-state index contributed by atoms with van der Waals surface area (Å²) in [5, 5.41) is 19.3. The van der Waals surface area contributed by atoms with E-state index in [1.54, 1.807) is 0 Å². The number of esters is 1. The van der Waals surface area contributed by atoms with Gasteiger partial charge in [-0.3, -0.25) is 0 Å². The fraction of sp³-hybridized carbons (Fsp3) is 0.857. The molecule has 0 aromatic heterocycles. The molecule has 5 heteroatoms. The largest absolute Gasteiger partial charge is 0.431 e. The quantitative estimate of drug-likeness (QED) is 0.347. The van der Waals surface area contributed by atoms with E-state index in [-0.39, 0.29) is 30.4 Å². The lowest BCUT2D eigenvalue weighted by Crippen LogP contribution is -2.28. The predicted molar refractivity (Wildman–Crippen MR) is 105 cm³/mol. The third kappa shape index (κ3) is 15.4. The molecule has 0 amide bonds. The maximum absolute atomic E-state index is 9.66. The van der Waals surface area contributed by atoms with Crippen LogP contribution in [-0.4, -0.2) is 40.6 Å². The van der Waals surface area contributed by atoms with Gasteiger partial charge in [0.1, 0.15) is 6.26 Å². The lowest BCUT2D eigenvalue weighted by Gasteiger charge is -2.27. The summed E-state index contributed by atoms with van der Waals surface area (Å²) < 4.78 is 10.4. The highest BCUT2D eigenvalue weighted by molar-refractivity contribution is 5.86. The average molecular weight is 373 g/mol. The Hall–Kier alpha value is -0.910. The Morgan fingerprint density at radius 3 is 1.54 bits per heavy atom. The highest BCUT2D eigenvalue weighted by Gasteiger charge is 2.19. The molecule has 4 atom stereocenters. The fourth-order valence-corrected chi connectivity index (χ4v) is 2.88. The number of aliphatic hydroxyl groups excluding tert-OH is 2. The van der Waals surface area contributed by atoms with Gasteiger partial charge in [-0.25, -0.2) is 4.79 Å². The van der Waals surface area contributed by atoms with E-state index in [9.17, 15) is 15.0 Å². The van der Waals surface area contributed by atoms with Crippen LogP contribution in [0.3, 0.4) is 0 Å². The number of aliphatic hydroxyl groups is 2. The molecule has 5 nitrogen and oxygen atoms in total. The highest BCUT2D eigenvalue weighted by atomic mass is 16.5. The van der Waals surface area contributed by atoms with Crippen molar-refractivity contribution >= 4 is 5.97 Å². The van der Waals surface area contributed by atoms with Gasteiger partial charge in [-0.05, 0) is 39.5 Å². The van der Waals surface area contributed by atoms with Crippen LogP contribution in [0.1, 0.15) is 91.9 Å². The van der Waals surface area contributed by atoms with Gasteiger partial charge in [0.15, 0.2) is 0 Å². The molecule has 1 heterocycles. The smallest absolute Gasteiger partial charge is 0.338 e. The van der Waals surface area contributed by atoms with E-state index in [1.807, 2.05) is 13.8 Å². The van der Waals surface area contributed by atoms with Crippen molar-refractivity contribution in [2.24, 2.45) is 0 Å². The van der Waals surface area contributed by atoms with Gasteiger partial charge in [-0.1, -0.05) is 52.4 Å². The van der Waals surface area contributed by atoms with Crippen LogP contribution in [0.25, 0.3) is 0 Å². The van der Waals surface area contributed by atoms with Crippen molar-refractivity contribution in [3.8, 4) is 0 Å². The normalized spacial score (nSPS) is 17.4. The van der Waals surface area contributed by atoms with Crippen molar-refractivity contribution in [1.29, 1.82) is 0 Å². The van der Waals surface area contributed by atoms with E-state index in [0.717, 1.165) is 25.7 Å². The summed E-state index contributed by atoms with van der Waals surface area (Å²) in [5.74, 6) is -0.245. The number of hydrogen-bond donors (Lipinski definition) is 2. The summed E-state index contributed by atoms with van der Waals surface area (Å²) in [4.78, 5) is 9.59. The van der Waals surface area contributed by atoms with Gasteiger partial charge in [0.25, 0.3) is 0 Å². The summed E-state index contributed by atoms with van der Waals surface area (Å²) in [6.07, 6.45) is 12.9. The second-order valence-electron chi connectivity index (χ2n) is 7.28. The van der Waals surface area contributed by atoms with Crippen molar-refractivity contribution in [2.75, 3.05) is 0 Å². The number of cyclic esters (lactones) is 1. The van der Waals surface area contributed by atoms with Gasteiger partial charge in [0.05, 0.1) is 30.5 Å².